The lowest BCUT2D eigenvalue weighted by Crippen LogP contribution is -2.17. The predicted octanol–water partition coefficient (Wildman–Crippen LogP) is 5.02. The minimum atomic E-state index is 0.306. The molecule has 106 valence electrons. The summed E-state index contributed by atoms with van der Waals surface area (Å²) in [6.07, 6.45) is 1.27. The van der Waals surface area contributed by atoms with Crippen LogP contribution >= 0.6 is 15.9 Å². The van der Waals surface area contributed by atoms with Crippen molar-refractivity contribution < 1.29 is 4.42 Å². The van der Waals surface area contributed by atoms with Crippen molar-refractivity contribution in [2.24, 2.45) is 5.92 Å². The van der Waals surface area contributed by atoms with E-state index in [-0.39, 0.29) is 0 Å². The fourth-order valence-electron chi connectivity index (χ4n) is 2.55. The van der Waals surface area contributed by atoms with Crippen LogP contribution in [0.1, 0.15) is 49.3 Å². The smallest absolute Gasteiger partial charge is 0.117 e. The summed E-state index contributed by atoms with van der Waals surface area (Å²) in [5, 5.41) is 3.51. The first-order chi connectivity index (χ1) is 9.63. The summed E-state index contributed by atoms with van der Waals surface area (Å²) >= 11 is 3.51. The summed E-state index contributed by atoms with van der Waals surface area (Å²) in [4.78, 5) is 0. The van der Waals surface area contributed by atoms with Gasteiger partial charge in [0.1, 0.15) is 11.5 Å². The van der Waals surface area contributed by atoms with Crippen LogP contribution < -0.4 is 5.32 Å². The maximum atomic E-state index is 5.92. The summed E-state index contributed by atoms with van der Waals surface area (Å²) < 4.78 is 7.03. The molecule has 2 aromatic rings. The molecule has 1 saturated carbocycles. The molecule has 1 aliphatic rings. The number of rotatable bonds is 5. The molecule has 2 nitrogen and oxygen atoms in total. The lowest BCUT2D eigenvalue weighted by Gasteiger charge is -2.13. The van der Waals surface area contributed by atoms with Gasteiger partial charge >= 0.3 is 0 Å². The third-order valence-corrected chi connectivity index (χ3v) is 4.58. The quantitative estimate of drug-likeness (QED) is 0.831. The zero-order valence-electron chi connectivity index (χ0n) is 11.9. The third-order valence-electron chi connectivity index (χ3n) is 4.09. The van der Waals surface area contributed by atoms with E-state index in [1.54, 1.807) is 0 Å². The van der Waals surface area contributed by atoms with E-state index < -0.39 is 0 Å². The van der Waals surface area contributed by atoms with Crippen LogP contribution in [0.3, 0.4) is 0 Å². The number of halogens is 1. The molecule has 0 aliphatic heterocycles. The second-order valence-electron chi connectivity index (χ2n) is 5.78. The van der Waals surface area contributed by atoms with Crippen molar-refractivity contribution >= 4 is 15.9 Å². The lowest BCUT2D eigenvalue weighted by atomic mass is 10.1. The van der Waals surface area contributed by atoms with Crippen molar-refractivity contribution in [1.82, 2.24) is 5.32 Å². The van der Waals surface area contributed by atoms with Gasteiger partial charge in [-0.1, -0.05) is 35.0 Å². The van der Waals surface area contributed by atoms with E-state index in [1.807, 2.05) is 6.07 Å². The van der Waals surface area contributed by atoms with Crippen molar-refractivity contribution in [3.05, 3.63) is 58.0 Å². The standard InChI is InChI=1S/C17H20BrNO/c1-11-8-16(11)17-7-6-15(20-17)10-19-12(2)13-4-3-5-14(18)9-13/h3-7,9,11-12,16,19H,8,10H2,1-2H3/t11?,12-,16?/m1/s1. The van der Waals surface area contributed by atoms with Crippen LogP contribution in [0.2, 0.25) is 0 Å². The Kier molecular flexibility index (Phi) is 3.99. The molecule has 0 spiro atoms. The van der Waals surface area contributed by atoms with Gasteiger partial charge in [0.2, 0.25) is 0 Å². The zero-order valence-corrected chi connectivity index (χ0v) is 13.5. The van der Waals surface area contributed by atoms with Crippen LogP contribution in [0, 0.1) is 5.92 Å². The summed E-state index contributed by atoms with van der Waals surface area (Å²) in [7, 11) is 0. The van der Waals surface area contributed by atoms with E-state index in [2.05, 4.69) is 65.4 Å². The maximum Gasteiger partial charge on any atom is 0.117 e. The number of nitrogens with one attached hydrogen (secondary N) is 1. The highest BCUT2D eigenvalue weighted by molar-refractivity contribution is 9.10. The van der Waals surface area contributed by atoms with Gasteiger partial charge in [-0.05, 0) is 49.1 Å². The Labute approximate surface area is 128 Å². The fourth-order valence-corrected chi connectivity index (χ4v) is 2.97. The van der Waals surface area contributed by atoms with Crippen molar-refractivity contribution in [2.75, 3.05) is 0 Å². The van der Waals surface area contributed by atoms with Gasteiger partial charge in [0, 0.05) is 16.4 Å². The zero-order chi connectivity index (χ0) is 14.1. The number of benzene rings is 1. The van der Waals surface area contributed by atoms with Crippen LogP contribution in [0.4, 0.5) is 0 Å². The summed E-state index contributed by atoms with van der Waals surface area (Å²) in [6.45, 7) is 5.23. The van der Waals surface area contributed by atoms with Gasteiger partial charge in [-0.3, -0.25) is 0 Å². The first-order valence-corrected chi connectivity index (χ1v) is 8.00. The topological polar surface area (TPSA) is 25.2 Å². The van der Waals surface area contributed by atoms with Crippen molar-refractivity contribution in [2.45, 2.75) is 38.8 Å². The minimum absolute atomic E-state index is 0.306. The van der Waals surface area contributed by atoms with Gasteiger partial charge in [-0.15, -0.1) is 0 Å². The molecule has 3 rings (SSSR count). The molecule has 1 heterocycles. The maximum absolute atomic E-state index is 5.92. The highest BCUT2D eigenvalue weighted by Gasteiger charge is 2.36. The minimum Gasteiger partial charge on any atom is -0.464 e. The molecule has 0 radical (unpaired) electrons. The Hall–Kier alpha value is -1.06. The van der Waals surface area contributed by atoms with E-state index in [0.29, 0.717) is 12.0 Å². The molecule has 2 unspecified atom stereocenters. The van der Waals surface area contributed by atoms with E-state index >= 15 is 0 Å². The number of hydrogen-bond acceptors (Lipinski definition) is 2. The molecule has 1 aromatic carbocycles. The van der Waals surface area contributed by atoms with E-state index in [1.165, 1.54) is 12.0 Å². The Morgan fingerprint density at radius 1 is 1.35 bits per heavy atom. The largest absolute Gasteiger partial charge is 0.464 e. The fraction of sp³-hybridized carbons (Fsp3) is 0.412. The van der Waals surface area contributed by atoms with E-state index in [0.717, 1.165) is 28.5 Å². The molecule has 0 bridgehead atoms. The van der Waals surface area contributed by atoms with Crippen molar-refractivity contribution in [1.29, 1.82) is 0 Å². The predicted molar refractivity (Wildman–Crippen MR) is 84.6 cm³/mol. The first-order valence-electron chi connectivity index (χ1n) is 7.21. The molecular weight excluding hydrogens is 314 g/mol. The molecule has 0 saturated heterocycles. The van der Waals surface area contributed by atoms with Crippen molar-refractivity contribution in [3.63, 3.8) is 0 Å². The number of furan rings is 1. The summed E-state index contributed by atoms with van der Waals surface area (Å²) in [5.74, 6) is 3.64. The normalized spacial score (nSPS) is 22.8. The van der Waals surface area contributed by atoms with Crippen LogP contribution in [-0.4, -0.2) is 0 Å². The molecule has 1 N–H and O–H groups in total. The lowest BCUT2D eigenvalue weighted by molar-refractivity contribution is 0.430. The average molecular weight is 334 g/mol. The van der Waals surface area contributed by atoms with E-state index in [4.69, 9.17) is 4.42 Å². The molecular formula is C17H20BrNO. The van der Waals surface area contributed by atoms with Crippen molar-refractivity contribution in [3.8, 4) is 0 Å². The summed E-state index contributed by atoms with van der Waals surface area (Å²) in [6, 6.07) is 12.9. The van der Waals surface area contributed by atoms with Crippen LogP contribution in [0.5, 0.6) is 0 Å². The van der Waals surface area contributed by atoms with Gasteiger partial charge in [0.05, 0.1) is 6.54 Å². The second kappa shape index (κ2) is 5.74. The third kappa shape index (κ3) is 3.15. The highest BCUT2D eigenvalue weighted by Crippen LogP contribution is 2.47. The highest BCUT2D eigenvalue weighted by atomic mass is 79.9. The Balaban J connectivity index is 1.57. The Bertz CT molecular complexity index is 592. The van der Waals surface area contributed by atoms with Gasteiger partial charge in [-0.25, -0.2) is 0 Å². The SMILES string of the molecule is CC1CC1c1ccc(CN[C@H](C)c2cccc(Br)c2)o1. The van der Waals surface area contributed by atoms with Gasteiger partial charge in [0.25, 0.3) is 0 Å². The molecule has 3 atom stereocenters. The molecule has 0 amide bonds. The Morgan fingerprint density at radius 2 is 2.15 bits per heavy atom. The molecule has 20 heavy (non-hydrogen) atoms. The van der Waals surface area contributed by atoms with Gasteiger partial charge in [0.15, 0.2) is 0 Å². The van der Waals surface area contributed by atoms with Crippen LogP contribution in [-0.2, 0) is 6.54 Å². The first kappa shape index (κ1) is 13.9. The van der Waals surface area contributed by atoms with Crippen LogP contribution in [0.25, 0.3) is 0 Å². The second-order valence-corrected chi connectivity index (χ2v) is 6.70. The van der Waals surface area contributed by atoms with Crippen LogP contribution in [0.15, 0.2) is 45.3 Å². The molecule has 1 aliphatic carbocycles. The Morgan fingerprint density at radius 3 is 2.85 bits per heavy atom. The number of hydrogen-bond donors (Lipinski definition) is 1. The molecule has 3 heteroatoms. The molecule has 1 fully saturated rings. The monoisotopic (exact) mass is 333 g/mol. The van der Waals surface area contributed by atoms with Gasteiger partial charge in [-0.2, -0.15) is 0 Å². The van der Waals surface area contributed by atoms with Gasteiger partial charge < -0.3 is 9.73 Å². The molecule has 1 aromatic heterocycles. The average Bonchev–Trinajstić information content (AvgIpc) is 2.99. The van der Waals surface area contributed by atoms with E-state index in [9.17, 15) is 0 Å². The summed E-state index contributed by atoms with van der Waals surface area (Å²) in [5.41, 5.74) is 1.28.